The molecule has 0 saturated heterocycles. The number of rotatable bonds is 7. The summed E-state index contributed by atoms with van der Waals surface area (Å²) in [7, 11) is 0. The molecule has 18 heavy (non-hydrogen) atoms. The minimum atomic E-state index is -0.325. The van der Waals surface area contributed by atoms with Crippen molar-refractivity contribution < 1.29 is 19.1 Å². The molecule has 100 valence electrons. The van der Waals surface area contributed by atoms with E-state index in [1.165, 1.54) is 0 Å². The molecule has 1 rings (SSSR count). The molecule has 4 heteroatoms. The van der Waals surface area contributed by atoms with Gasteiger partial charge in [0, 0.05) is 18.4 Å². The summed E-state index contributed by atoms with van der Waals surface area (Å²) < 4.78 is 5.01. The van der Waals surface area contributed by atoms with E-state index in [9.17, 15) is 14.4 Å². The lowest BCUT2D eigenvalue weighted by molar-refractivity contribution is -0.139. The monoisotopic (exact) mass is 252 g/mol. The maximum Gasteiger partial charge on any atom is 0.333 e. The van der Waals surface area contributed by atoms with Gasteiger partial charge in [0.25, 0.3) is 0 Å². The standard InChI is InChI=1S/C14H20O4/c1-14(7-3-8-15)6-2-5-12(11-14)13(17)18-10-4-9-16/h8-9,11H,2-7,10H2,1H3/t14-/m0/s1. The summed E-state index contributed by atoms with van der Waals surface area (Å²) in [5, 5.41) is 0. The van der Waals surface area contributed by atoms with Gasteiger partial charge in [-0.3, -0.25) is 0 Å². The summed E-state index contributed by atoms with van der Waals surface area (Å²) in [6, 6.07) is 0. The second-order valence-corrected chi connectivity index (χ2v) is 4.97. The molecule has 0 heterocycles. The molecule has 0 saturated carbocycles. The largest absolute Gasteiger partial charge is 0.462 e. The Morgan fingerprint density at radius 1 is 1.39 bits per heavy atom. The molecular formula is C14H20O4. The lowest BCUT2D eigenvalue weighted by Gasteiger charge is -2.30. The van der Waals surface area contributed by atoms with Gasteiger partial charge < -0.3 is 14.3 Å². The average Bonchev–Trinajstić information content (AvgIpc) is 2.37. The molecule has 0 aromatic carbocycles. The highest BCUT2D eigenvalue weighted by atomic mass is 16.5. The molecule has 0 unspecified atom stereocenters. The Balaban J connectivity index is 2.60. The van der Waals surface area contributed by atoms with Crippen molar-refractivity contribution in [2.75, 3.05) is 6.61 Å². The third-order valence-corrected chi connectivity index (χ3v) is 3.28. The summed E-state index contributed by atoms with van der Waals surface area (Å²) >= 11 is 0. The van der Waals surface area contributed by atoms with E-state index in [4.69, 9.17) is 4.74 Å². The fraction of sp³-hybridized carbons (Fsp3) is 0.643. The number of carbonyl (C=O) groups is 3. The van der Waals surface area contributed by atoms with Crippen molar-refractivity contribution in [3.05, 3.63) is 11.6 Å². The number of hydrogen-bond acceptors (Lipinski definition) is 4. The van der Waals surface area contributed by atoms with Gasteiger partial charge in [0.2, 0.25) is 0 Å². The van der Waals surface area contributed by atoms with Crippen LogP contribution in [0.4, 0.5) is 0 Å². The molecule has 0 spiro atoms. The Morgan fingerprint density at radius 2 is 2.11 bits per heavy atom. The second-order valence-electron chi connectivity index (χ2n) is 4.97. The third-order valence-electron chi connectivity index (χ3n) is 3.28. The number of hydrogen-bond donors (Lipinski definition) is 0. The van der Waals surface area contributed by atoms with Crippen molar-refractivity contribution in [3.8, 4) is 0 Å². The summed E-state index contributed by atoms with van der Waals surface area (Å²) in [6.45, 7) is 2.21. The first-order valence-electron chi connectivity index (χ1n) is 6.37. The Kier molecular flexibility index (Phi) is 5.75. The van der Waals surface area contributed by atoms with Crippen LogP contribution >= 0.6 is 0 Å². The Morgan fingerprint density at radius 3 is 2.78 bits per heavy atom. The van der Waals surface area contributed by atoms with Crippen LogP contribution in [-0.2, 0) is 19.1 Å². The first-order valence-corrected chi connectivity index (χ1v) is 6.37. The van der Waals surface area contributed by atoms with Crippen molar-refractivity contribution in [2.45, 2.75) is 45.4 Å². The van der Waals surface area contributed by atoms with Crippen molar-refractivity contribution in [1.29, 1.82) is 0 Å². The van der Waals surface area contributed by atoms with Crippen LogP contribution in [0.2, 0.25) is 0 Å². The molecule has 1 atom stereocenters. The molecule has 0 N–H and O–H groups in total. The van der Waals surface area contributed by atoms with E-state index >= 15 is 0 Å². The first-order chi connectivity index (χ1) is 8.61. The van der Waals surface area contributed by atoms with Crippen molar-refractivity contribution >= 4 is 18.5 Å². The first kappa shape index (κ1) is 14.6. The van der Waals surface area contributed by atoms with Gasteiger partial charge >= 0.3 is 5.97 Å². The van der Waals surface area contributed by atoms with Crippen LogP contribution in [0.15, 0.2) is 11.6 Å². The second kappa shape index (κ2) is 7.09. The highest BCUT2D eigenvalue weighted by molar-refractivity contribution is 5.88. The van der Waals surface area contributed by atoms with E-state index in [0.717, 1.165) is 38.3 Å². The SMILES string of the molecule is C[C@]1(CCC=O)C=C(C(=O)OCCC=O)CCC1. The zero-order valence-corrected chi connectivity index (χ0v) is 10.8. The van der Waals surface area contributed by atoms with Gasteiger partial charge in [-0.2, -0.15) is 0 Å². The van der Waals surface area contributed by atoms with Gasteiger partial charge in [-0.1, -0.05) is 13.0 Å². The van der Waals surface area contributed by atoms with Crippen molar-refractivity contribution in [2.24, 2.45) is 5.41 Å². The zero-order chi connectivity index (χ0) is 13.4. The summed E-state index contributed by atoms with van der Waals surface area (Å²) in [5.74, 6) is -0.325. The maximum absolute atomic E-state index is 11.8. The van der Waals surface area contributed by atoms with E-state index in [1.807, 2.05) is 6.08 Å². The van der Waals surface area contributed by atoms with Crippen LogP contribution < -0.4 is 0 Å². The molecule has 0 aromatic heterocycles. The molecule has 4 nitrogen and oxygen atoms in total. The summed E-state index contributed by atoms with van der Waals surface area (Å²) in [5.41, 5.74) is 0.596. The van der Waals surface area contributed by atoms with Crippen molar-refractivity contribution in [3.63, 3.8) is 0 Å². The van der Waals surface area contributed by atoms with Crippen LogP contribution in [0.3, 0.4) is 0 Å². The van der Waals surface area contributed by atoms with Crippen LogP contribution in [0, 0.1) is 5.41 Å². The number of carbonyl (C=O) groups excluding carboxylic acids is 3. The lowest BCUT2D eigenvalue weighted by atomic mass is 9.75. The van der Waals surface area contributed by atoms with Crippen LogP contribution in [-0.4, -0.2) is 25.1 Å². The van der Waals surface area contributed by atoms with Gasteiger partial charge in [-0.05, 0) is 31.1 Å². The molecule has 0 aromatic rings. The minimum absolute atomic E-state index is 0.0851. The fourth-order valence-corrected chi connectivity index (χ4v) is 2.29. The van der Waals surface area contributed by atoms with E-state index in [0.29, 0.717) is 12.0 Å². The van der Waals surface area contributed by atoms with E-state index in [1.54, 1.807) is 0 Å². The molecule has 0 radical (unpaired) electrons. The van der Waals surface area contributed by atoms with Crippen LogP contribution in [0.5, 0.6) is 0 Å². The van der Waals surface area contributed by atoms with Gasteiger partial charge in [0.15, 0.2) is 0 Å². The lowest BCUT2D eigenvalue weighted by Crippen LogP contribution is -2.22. The predicted molar refractivity (Wildman–Crippen MR) is 67.0 cm³/mol. The molecule has 0 aliphatic heterocycles. The quantitative estimate of drug-likeness (QED) is 0.396. The van der Waals surface area contributed by atoms with Gasteiger partial charge in [-0.25, -0.2) is 4.79 Å². The number of allylic oxidation sites excluding steroid dienone is 1. The van der Waals surface area contributed by atoms with Gasteiger partial charge in [0.1, 0.15) is 12.6 Å². The highest BCUT2D eigenvalue weighted by Crippen LogP contribution is 2.37. The van der Waals surface area contributed by atoms with E-state index in [2.05, 4.69) is 6.92 Å². The Labute approximate surface area is 107 Å². The zero-order valence-electron chi connectivity index (χ0n) is 10.8. The number of ether oxygens (including phenoxy) is 1. The van der Waals surface area contributed by atoms with Gasteiger partial charge in [0.05, 0.1) is 6.61 Å². The number of aldehydes is 2. The third kappa shape index (κ3) is 4.43. The van der Waals surface area contributed by atoms with E-state index < -0.39 is 0 Å². The number of esters is 1. The smallest absolute Gasteiger partial charge is 0.333 e. The van der Waals surface area contributed by atoms with E-state index in [-0.39, 0.29) is 24.4 Å². The van der Waals surface area contributed by atoms with Gasteiger partial charge in [-0.15, -0.1) is 0 Å². The summed E-state index contributed by atoms with van der Waals surface area (Å²) in [6.07, 6.45) is 7.76. The average molecular weight is 252 g/mol. The normalized spacial score (nSPS) is 23.1. The molecule has 0 amide bonds. The molecule has 0 bridgehead atoms. The Bertz CT molecular complexity index is 346. The highest BCUT2D eigenvalue weighted by Gasteiger charge is 2.28. The summed E-state index contributed by atoms with van der Waals surface area (Å²) in [4.78, 5) is 32.3. The molecule has 1 aliphatic rings. The molecule has 0 fully saturated rings. The topological polar surface area (TPSA) is 60.4 Å². The fourth-order valence-electron chi connectivity index (χ4n) is 2.29. The minimum Gasteiger partial charge on any atom is -0.462 e. The molecule has 1 aliphatic carbocycles. The maximum atomic E-state index is 11.8. The van der Waals surface area contributed by atoms with Crippen LogP contribution in [0.1, 0.15) is 45.4 Å². The van der Waals surface area contributed by atoms with Crippen molar-refractivity contribution in [1.82, 2.24) is 0 Å². The Hall–Kier alpha value is -1.45. The molecular weight excluding hydrogens is 232 g/mol. The van der Waals surface area contributed by atoms with Crippen LogP contribution in [0.25, 0.3) is 0 Å². The predicted octanol–water partition coefficient (Wildman–Crippen LogP) is 2.21.